The molecular formula is C23H27FN4. The Hall–Kier alpha value is -2.50. The maximum absolute atomic E-state index is 13.1. The van der Waals surface area contributed by atoms with Crippen molar-refractivity contribution in [1.82, 2.24) is 19.6 Å². The number of aromatic nitrogens is 2. The van der Waals surface area contributed by atoms with Crippen LogP contribution in [0, 0.1) is 12.7 Å². The Bertz CT molecular complexity index is 907. The number of hydrogen-bond acceptors (Lipinski definition) is 3. The molecule has 1 aliphatic rings. The Morgan fingerprint density at radius 2 is 1.43 bits per heavy atom. The van der Waals surface area contributed by atoms with Gasteiger partial charge in [0, 0.05) is 44.0 Å². The van der Waals surface area contributed by atoms with E-state index in [9.17, 15) is 4.39 Å². The summed E-state index contributed by atoms with van der Waals surface area (Å²) in [6, 6.07) is 14.9. The van der Waals surface area contributed by atoms with Crippen LogP contribution >= 0.6 is 0 Å². The number of hydrogen-bond donors (Lipinski definition) is 0. The van der Waals surface area contributed by atoms with Crippen LogP contribution in [-0.2, 0) is 6.54 Å². The van der Waals surface area contributed by atoms with Crippen molar-refractivity contribution in [3.63, 3.8) is 0 Å². The highest BCUT2D eigenvalue weighted by Gasteiger charge is 2.18. The lowest BCUT2D eigenvalue weighted by Crippen LogP contribution is -2.45. The SMILES string of the molecule is CCN1CCN(Cc2cnn(-c3ccc(-c4ccc(F)cc4)cc3)c2C)CC1. The van der Waals surface area contributed by atoms with Crippen molar-refractivity contribution >= 4 is 0 Å². The van der Waals surface area contributed by atoms with Crippen molar-refractivity contribution in [2.75, 3.05) is 32.7 Å². The molecule has 0 atom stereocenters. The predicted molar refractivity (Wildman–Crippen MR) is 111 cm³/mol. The maximum Gasteiger partial charge on any atom is 0.123 e. The van der Waals surface area contributed by atoms with E-state index in [4.69, 9.17) is 0 Å². The molecule has 4 nitrogen and oxygen atoms in total. The van der Waals surface area contributed by atoms with E-state index in [1.807, 2.05) is 10.9 Å². The smallest absolute Gasteiger partial charge is 0.123 e. The minimum atomic E-state index is -0.212. The number of piperazine rings is 1. The number of halogens is 1. The number of likely N-dealkylation sites (N-methyl/N-ethyl adjacent to an activating group) is 1. The molecule has 1 saturated heterocycles. The highest BCUT2D eigenvalue weighted by atomic mass is 19.1. The topological polar surface area (TPSA) is 24.3 Å². The Morgan fingerprint density at radius 3 is 2.04 bits per heavy atom. The highest BCUT2D eigenvalue weighted by Crippen LogP contribution is 2.23. The molecule has 28 heavy (non-hydrogen) atoms. The van der Waals surface area contributed by atoms with Crippen LogP contribution in [0.1, 0.15) is 18.2 Å². The summed E-state index contributed by atoms with van der Waals surface area (Å²) < 4.78 is 15.1. The fourth-order valence-electron chi connectivity index (χ4n) is 3.80. The molecule has 2 heterocycles. The molecule has 1 fully saturated rings. The lowest BCUT2D eigenvalue weighted by atomic mass is 10.1. The second-order valence-electron chi connectivity index (χ2n) is 7.43. The summed E-state index contributed by atoms with van der Waals surface area (Å²) >= 11 is 0. The van der Waals surface area contributed by atoms with E-state index >= 15 is 0 Å². The van der Waals surface area contributed by atoms with Crippen LogP contribution < -0.4 is 0 Å². The number of rotatable bonds is 5. The maximum atomic E-state index is 13.1. The van der Waals surface area contributed by atoms with Gasteiger partial charge in [0.05, 0.1) is 11.9 Å². The molecule has 0 saturated carbocycles. The Balaban J connectivity index is 1.47. The molecule has 0 bridgehead atoms. The van der Waals surface area contributed by atoms with Gasteiger partial charge in [-0.3, -0.25) is 4.90 Å². The monoisotopic (exact) mass is 378 g/mol. The molecule has 0 spiro atoms. The second kappa shape index (κ2) is 8.25. The van der Waals surface area contributed by atoms with Gasteiger partial charge in [0.1, 0.15) is 5.82 Å². The van der Waals surface area contributed by atoms with Crippen LogP contribution in [0.4, 0.5) is 4.39 Å². The molecule has 3 aromatic rings. The first kappa shape index (κ1) is 18.8. The molecule has 0 N–H and O–H groups in total. The zero-order valence-corrected chi connectivity index (χ0v) is 16.6. The average Bonchev–Trinajstić information content (AvgIpc) is 3.09. The third-order valence-corrected chi connectivity index (χ3v) is 5.71. The quantitative estimate of drug-likeness (QED) is 0.667. The van der Waals surface area contributed by atoms with Crippen molar-refractivity contribution in [3.05, 3.63) is 71.8 Å². The third-order valence-electron chi connectivity index (χ3n) is 5.71. The Kier molecular flexibility index (Phi) is 5.55. The summed E-state index contributed by atoms with van der Waals surface area (Å²) in [5.74, 6) is -0.212. The van der Waals surface area contributed by atoms with Crippen LogP contribution in [0.25, 0.3) is 16.8 Å². The summed E-state index contributed by atoms with van der Waals surface area (Å²) in [5, 5.41) is 4.63. The standard InChI is InChI=1S/C23H27FN4/c1-3-26-12-14-27(15-13-26)17-21-16-25-28(18(21)2)23-10-6-20(7-11-23)19-4-8-22(24)9-5-19/h4-11,16H,3,12-15,17H2,1-2H3. The van der Waals surface area contributed by atoms with Crippen LogP contribution in [-0.4, -0.2) is 52.3 Å². The molecule has 146 valence electrons. The normalized spacial score (nSPS) is 15.8. The summed E-state index contributed by atoms with van der Waals surface area (Å²) in [6.45, 7) is 11.0. The van der Waals surface area contributed by atoms with Gasteiger partial charge >= 0.3 is 0 Å². The number of benzene rings is 2. The van der Waals surface area contributed by atoms with Crippen molar-refractivity contribution in [2.45, 2.75) is 20.4 Å². The minimum Gasteiger partial charge on any atom is -0.301 e. The Morgan fingerprint density at radius 1 is 0.857 bits per heavy atom. The van der Waals surface area contributed by atoms with Crippen molar-refractivity contribution in [3.8, 4) is 16.8 Å². The van der Waals surface area contributed by atoms with Gasteiger partial charge in [-0.2, -0.15) is 5.10 Å². The molecule has 0 amide bonds. The van der Waals surface area contributed by atoms with Gasteiger partial charge in [-0.25, -0.2) is 9.07 Å². The van der Waals surface area contributed by atoms with Gasteiger partial charge < -0.3 is 4.90 Å². The van der Waals surface area contributed by atoms with Crippen LogP contribution in [0.2, 0.25) is 0 Å². The molecule has 1 aromatic heterocycles. The number of nitrogens with zero attached hydrogens (tertiary/aromatic N) is 4. The molecule has 1 aliphatic heterocycles. The molecule has 0 unspecified atom stereocenters. The van der Waals surface area contributed by atoms with Crippen LogP contribution in [0.15, 0.2) is 54.7 Å². The fourth-order valence-corrected chi connectivity index (χ4v) is 3.80. The summed E-state index contributed by atoms with van der Waals surface area (Å²) in [5.41, 5.74) is 5.60. The molecule has 4 rings (SSSR count). The van der Waals surface area contributed by atoms with Gasteiger partial charge in [-0.05, 0) is 48.9 Å². The van der Waals surface area contributed by atoms with Gasteiger partial charge in [-0.1, -0.05) is 31.2 Å². The van der Waals surface area contributed by atoms with Gasteiger partial charge in [0.2, 0.25) is 0 Å². The lowest BCUT2D eigenvalue weighted by Gasteiger charge is -2.33. The van der Waals surface area contributed by atoms with Gasteiger partial charge in [0.15, 0.2) is 0 Å². The first-order valence-electron chi connectivity index (χ1n) is 9.98. The van der Waals surface area contributed by atoms with Crippen molar-refractivity contribution in [1.29, 1.82) is 0 Å². The van der Waals surface area contributed by atoms with E-state index in [2.05, 4.69) is 53.0 Å². The molecule has 5 heteroatoms. The van der Waals surface area contributed by atoms with E-state index in [0.717, 1.165) is 56.1 Å². The summed E-state index contributed by atoms with van der Waals surface area (Å²) in [7, 11) is 0. The van der Waals surface area contributed by atoms with E-state index in [1.54, 1.807) is 12.1 Å². The first-order chi connectivity index (χ1) is 13.6. The van der Waals surface area contributed by atoms with E-state index in [-0.39, 0.29) is 5.82 Å². The van der Waals surface area contributed by atoms with Gasteiger partial charge in [-0.15, -0.1) is 0 Å². The zero-order chi connectivity index (χ0) is 19.5. The molecular weight excluding hydrogens is 351 g/mol. The largest absolute Gasteiger partial charge is 0.301 e. The minimum absolute atomic E-state index is 0.212. The molecule has 0 aliphatic carbocycles. The van der Waals surface area contributed by atoms with Crippen LogP contribution in [0.5, 0.6) is 0 Å². The van der Waals surface area contributed by atoms with E-state index in [0.29, 0.717) is 0 Å². The van der Waals surface area contributed by atoms with Crippen LogP contribution in [0.3, 0.4) is 0 Å². The second-order valence-corrected chi connectivity index (χ2v) is 7.43. The summed E-state index contributed by atoms with van der Waals surface area (Å²) in [4.78, 5) is 5.01. The van der Waals surface area contributed by atoms with E-state index < -0.39 is 0 Å². The lowest BCUT2D eigenvalue weighted by molar-refractivity contribution is 0.132. The summed E-state index contributed by atoms with van der Waals surface area (Å²) in [6.07, 6.45) is 2.00. The zero-order valence-electron chi connectivity index (χ0n) is 16.6. The van der Waals surface area contributed by atoms with E-state index in [1.165, 1.54) is 23.4 Å². The van der Waals surface area contributed by atoms with Crippen molar-refractivity contribution < 1.29 is 4.39 Å². The molecule has 2 aromatic carbocycles. The first-order valence-corrected chi connectivity index (χ1v) is 9.98. The van der Waals surface area contributed by atoms with Gasteiger partial charge in [0.25, 0.3) is 0 Å². The fraction of sp³-hybridized carbons (Fsp3) is 0.348. The average molecular weight is 378 g/mol. The molecule has 0 radical (unpaired) electrons. The third kappa shape index (κ3) is 4.01. The highest BCUT2D eigenvalue weighted by molar-refractivity contribution is 5.64. The predicted octanol–water partition coefficient (Wildman–Crippen LogP) is 4.12. The van der Waals surface area contributed by atoms with Crippen molar-refractivity contribution in [2.24, 2.45) is 0 Å². The Labute approximate surface area is 166 Å².